The first-order chi connectivity index (χ1) is 12.1. The van der Waals surface area contributed by atoms with Crippen LogP contribution in [0.1, 0.15) is 25.3 Å². The van der Waals surface area contributed by atoms with Gasteiger partial charge in [-0.05, 0) is 24.1 Å². The molecule has 0 aromatic heterocycles. The SMILES string of the molecule is CCC(=O)N1CCC(NC(=NC)NCCOCc2cccc(Cl)c2)C1.I. The van der Waals surface area contributed by atoms with Crippen molar-refractivity contribution < 1.29 is 9.53 Å². The fraction of sp³-hybridized carbons (Fsp3) is 0.556. The van der Waals surface area contributed by atoms with E-state index in [1.165, 1.54) is 0 Å². The number of nitrogens with one attached hydrogen (secondary N) is 2. The van der Waals surface area contributed by atoms with E-state index in [1.54, 1.807) is 7.05 Å². The summed E-state index contributed by atoms with van der Waals surface area (Å²) in [6.45, 7) is 5.20. The van der Waals surface area contributed by atoms with Crippen LogP contribution in [0, 0.1) is 0 Å². The molecule has 1 atom stereocenters. The number of aliphatic imine (C=N–C) groups is 1. The molecule has 1 unspecified atom stereocenters. The van der Waals surface area contributed by atoms with E-state index >= 15 is 0 Å². The zero-order chi connectivity index (χ0) is 18.1. The van der Waals surface area contributed by atoms with Crippen molar-refractivity contribution in [3.8, 4) is 0 Å². The van der Waals surface area contributed by atoms with E-state index in [9.17, 15) is 4.79 Å². The standard InChI is InChI=1S/C18H27ClN4O2.HI/c1-3-17(24)23-9-7-16(12-23)22-18(20-2)21-8-10-25-13-14-5-4-6-15(19)11-14;/h4-6,11,16H,3,7-10,12-13H2,1-2H3,(H2,20,21,22);1H. The second kappa shape index (κ2) is 12.3. The van der Waals surface area contributed by atoms with Gasteiger partial charge in [-0.25, -0.2) is 0 Å². The Kier molecular flexibility index (Phi) is 10.9. The number of nitrogens with zero attached hydrogens (tertiary/aromatic N) is 2. The van der Waals surface area contributed by atoms with Crippen LogP contribution in [0.2, 0.25) is 5.02 Å². The van der Waals surface area contributed by atoms with Crippen LogP contribution in [-0.2, 0) is 16.1 Å². The predicted octanol–water partition coefficient (Wildman–Crippen LogP) is 2.65. The molecule has 26 heavy (non-hydrogen) atoms. The van der Waals surface area contributed by atoms with Crippen LogP contribution in [0.3, 0.4) is 0 Å². The van der Waals surface area contributed by atoms with Gasteiger partial charge in [0.15, 0.2) is 5.96 Å². The average molecular weight is 495 g/mol. The molecule has 0 bridgehead atoms. The molecule has 1 aliphatic rings. The maximum absolute atomic E-state index is 11.7. The third-order valence-corrected chi connectivity index (χ3v) is 4.34. The van der Waals surface area contributed by atoms with Crippen LogP contribution in [-0.4, -0.2) is 56.1 Å². The van der Waals surface area contributed by atoms with Gasteiger partial charge < -0.3 is 20.3 Å². The largest absolute Gasteiger partial charge is 0.375 e. The van der Waals surface area contributed by atoms with Crippen molar-refractivity contribution >= 4 is 47.4 Å². The van der Waals surface area contributed by atoms with Crippen molar-refractivity contribution in [2.24, 2.45) is 4.99 Å². The summed E-state index contributed by atoms with van der Waals surface area (Å²) in [6, 6.07) is 7.90. The van der Waals surface area contributed by atoms with Crippen LogP contribution >= 0.6 is 35.6 Å². The summed E-state index contributed by atoms with van der Waals surface area (Å²) >= 11 is 5.95. The first-order valence-electron chi connectivity index (χ1n) is 8.69. The highest BCUT2D eigenvalue weighted by Gasteiger charge is 2.25. The van der Waals surface area contributed by atoms with Crippen molar-refractivity contribution in [3.05, 3.63) is 34.9 Å². The number of benzene rings is 1. The number of amides is 1. The van der Waals surface area contributed by atoms with Crippen LogP contribution in [0.15, 0.2) is 29.3 Å². The third kappa shape index (κ3) is 7.67. The highest BCUT2D eigenvalue weighted by molar-refractivity contribution is 14.0. The predicted molar refractivity (Wildman–Crippen MR) is 116 cm³/mol. The van der Waals surface area contributed by atoms with E-state index < -0.39 is 0 Å². The Bertz CT molecular complexity index is 600. The van der Waals surface area contributed by atoms with E-state index in [4.69, 9.17) is 16.3 Å². The molecule has 0 saturated carbocycles. The number of likely N-dealkylation sites (tertiary alicyclic amines) is 1. The first kappa shape index (κ1) is 23.0. The van der Waals surface area contributed by atoms with E-state index in [0.717, 1.165) is 36.1 Å². The number of ether oxygens (including phenoxy) is 1. The van der Waals surface area contributed by atoms with Gasteiger partial charge in [-0.1, -0.05) is 30.7 Å². The van der Waals surface area contributed by atoms with Gasteiger partial charge >= 0.3 is 0 Å². The summed E-state index contributed by atoms with van der Waals surface area (Å²) in [5.74, 6) is 0.948. The zero-order valence-electron chi connectivity index (χ0n) is 15.3. The Morgan fingerprint density at radius 1 is 1.46 bits per heavy atom. The molecule has 0 aliphatic carbocycles. The zero-order valence-corrected chi connectivity index (χ0v) is 18.4. The van der Waals surface area contributed by atoms with E-state index in [1.807, 2.05) is 36.1 Å². The van der Waals surface area contributed by atoms with Gasteiger partial charge in [-0.15, -0.1) is 24.0 Å². The Balaban J connectivity index is 0.00000338. The Morgan fingerprint density at radius 3 is 2.96 bits per heavy atom. The maximum atomic E-state index is 11.7. The quantitative estimate of drug-likeness (QED) is 0.265. The lowest BCUT2D eigenvalue weighted by Gasteiger charge is -2.18. The lowest BCUT2D eigenvalue weighted by atomic mass is 10.2. The van der Waals surface area contributed by atoms with Gasteiger partial charge in [-0.2, -0.15) is 0 Å². The molecule has 1 amide bonds. The number of rotatable bonds is 7. The number of hydrogen-bond donors (Lipinski definition) is 2. The van der Waals surface area contributed by atoms with E-state index in [-0.39, 0.29) is 35.9 Å². The van der Waals surface area contributed by atoms with Gasteiger partial charge in [-0.3, -0.25) is 9.79 Å². The van der Waals surface area contributed by atoms with Gasteiger partial charge in [0.2, 0.25) is 5.91 Å². The summed E-state index contributed by atoms with van der Waals surface area (Å²) in [6.07, 6.45) is 1.50. The number of guanidine groups is 1. The van der Waals surface area contributed by atoms with Gasteiger partial charge in [0, 0.05) is 44.2 Å². The Labute approximate surface area is 177 Å². The molecule has 1 saturated heterocycles. The maximum Gasteiger partial charge on any atom is 0.222 e. The molecule has 6 nitrogen and oxygen atoms in total. The molecule has 146 valence electrons. The summed E-state index contributed by atoms with van der Waals surface area (Å²) in [5, 5.41) is 7.32. The highest BCUT2D eigenvalue weighted by atomic mass is 127. The van der Waals surface area contributed by atoms with Crippen molar-refractivity contribution in [3.63, 3.8) is 0 Å². The van der Waals surface area contributed by atoms with Crippen molar-refractivity contribution in [2.45, 2.75) is 32.4 Å². The smallest absolute Gasteiger partial charge is 0.222 e. The fourth-order valence-electron chi connectivity index (χ4n) is 2.77. The van der Waals surface area contributed by atoms with Crippen LogP contribution in [0.25, 0.3) is 0 Å². The fourth-order valence-corrected chi connectivity index (χ4v) is 2.99. The van der Waals surface area contributed by atoms with Crippen molar-refractivity contribution in [1.29, 1.82) is 0 Å². The van der Waals surface area contributed by atoms with Crippen molar-refractivity contribution in [1.82, 2.24) is 15.5 Å². The van der Waals surface area contributed by atoms with Crippen LogP contribution in [0.5, 0.6) is 0 Å². The van der Waals surface area contributed by atoms with Gasteiger partial charge in [0.25, 0.3) is 0 Å². The molecular weight excluding hydrogens is 467 g/mol. The normalized spacial score (nSPS) is 17.0. The summed E-state index contributed by atoms with van der Waals surface area (Å²) < 4.78 is 5.65. The third-order valence-electron chi connectivity index (χ3n) is 4.10. The minimum Gasteiger partial charge on any atom is -0.375 e. The minimum absolute atomic E-state index is 0. The number of carbonyl (C=O) groups is 1. The average Bonchev–Trinajstić information content (AvgIpc) is 3.08. The number of carbonyl (C=O) groups excluding carboxylic acids is 1. The molecular formula is C18H28ClIN4O2. The molecule has 0 spiro atoms. The topological polar surface area (TPSA) is 66.0 Å². The summed E-state index contributed by atoms with van der Waals surface area (Å²) in [4.78, 5) is 17.9. The molecule has 1 aromatic carbocycles. The molecule has 1 heterocycles. The lowest BCUT2D eigenvalue weighted by Crippen LogP contribution is -2.45. The molecule has 2 rings (SSSR count). The van der Waals surface area contributed by atoms with Crippen LogP contribution < -0.4 is 10.6 Å². The van der Waals surface area contributed by atoms with E-state index in [0.29, 0.717) is 26.2 Å². The number of hydrogen-bond acceptors (Lipinski definition) is 3. The second-order valence-electron chi connectivity index (χ2n) is 6.00. The molecule has 1 aromatic rings. The molecule has 0 radical (unpaired) electrons. The minimum atomic E-state index is 0. The summed E-state index contributed by atoms with van der Waals surface area (Å²) in [7, 11) is 1.74. The lowest BCUT2D eigenvalue weighted by molar-refractivity contribution is -0.129. The number of halogens is 2. The molecule has 1 aliphatic heterocycles. The first-order valence-corrected chi connectivity index (χ1v) is 9.07. The summed E-state index contributed by atoms with van der Waals surface area (Å²) in [5.41, 5.74) is 1.06. The highest BCUT2D eigenvalue weighted by Crippen LogP contribution is 2.11. The monoisotopic (exact) mass is 494 g/mol. The Morgan fingerprint density at radius 2 is 2.27 bits per heavy atom. The second-order valence-corrected chi connectivity index (χ2v) is 6.44. The van der Waals surface area contributed by atoms with Crippen LogP contribution in [0.4, 0.5) is 0 Å². The van der Waals surface area contributed by atoms with Gasteiger partial charge in [0.1, 0.15) is 0 Å². The Hall–Kier alpha value is -1.06. The molecule has 1 fully saturated rings. The van der Waals surface area contributed by atoms with Gasteiger partial charge in [0.05, 0.1) is 13.2 Å². The molecule has 8 heteroatoms. The molecule has 2 N–H and O–H groups in total. The van der Waals surface area contributed by atoms with Crippen molar-refractivity contribution in [2.75, 3.05) is 33.3 Å². The van der Waals surface area contributed by atoms with E-state index in [2.05, 4.69) is 15.6 Å².